The van der Waals surface area contributed by atoms with Crippen LogP contribution in [-0.4, -0.2) is 65.1 Å². The van der Waals surface area contributed by atoms with Crippen LogP contribution in [-0.2, 0) is 22.7 Å². The van der Waals surface area contributed by atoms with Gasteiger partial charge in [0.05, 0.1) is 11.1 Å². The minimum absolute atomic E-state index is 0.102. The Labute approximate surface area is 210 Å². The summed E-state index contributed by atoms with van der Waals surface area (Å²) in [5.74, 6) is -1.66. The van der Waals surface area contributed by atoms with Gasteiger partial charge in [0.2, 0.25) is 11.8 Å². The van der Waals surface area contributed by atoms with Gasteiger partial charge >= 0.3 is 0 Å². The zero-order valence-electron chi connectivity index (χ0n) is 20.1. The number of hydrogen-bond donors (Lipinski definition) is 3. The number of fused-ring (bicyclic) bond motifs is 1. The van der Waals surface area contributed by atoms with Crippen molar-refractivity contribution in [3.05, 3.63) is 70.8 Å². The molecule has 3 aliphatic heterocycles. The standard InChI is InChI=1S/C27H31N5O4/c28-22-10-11-31(15-17-4-2-1-3-5-17)16-19(22)14-29-13-18-6-7-20-21(12-18)27(36)32(26(20)35)23-8-9-24(33)30-25(23)34/h1-7,12,19,22-23,29H,8-11,13-16,28H2,(H,30,33,34)/t19-,22-,23?/m1/s1. The fourth-order valence-corrected chi connectivity index (χ4v) is 5.36. The summed E-state index contributed by atoms with van der Waals surface area (Å²) in [5, 5.41) is 5.69. The molecule has 0 aliphatic carbocycles. The van der Waals surface area contributed by atoms with Gasteiger partial charge in [0.15, 0.2) is 0 Å². The molecule has 2 saturated heterocycles. The number of rotatable bonds is 7. The Balaban J connectivity index is 1.18. The number of likely N-dealkylation sites (tertiary alicyclic amines) is 1. The lowest BCUT2D eigenvalue weighted by atomic mass is 9.92. The SMILES string of the molecule is N[C@@H]1CCN(Cc2ccccc2)C[C@H]1CNCc1ccc2c(c1)C(=O)N(C1CCC(=O)NC1=O)C2=O. The number of amides is 4. The van der Waals surface area contributed by atoms with E-state index < -0.39 is 23.8 Å². The summed E-state index contributed by atoms with van der Waals surface area (Å²) in [4.78, 5) is 53.0. The van der Waals surface area contributed by atoms with Gasteiger partial charge in [-0.05, 0) is 48.6 Å². The summed E-state index contributed by atoms with van der Waals surface area (Å²) in [7, 11) is 0. The van der Waals surface area contributed by atoms with Crippen LogP contribution in [0.25, 0.3) is 0 Å². The van der Waals surface area contributed by atoms with Crippen molar-refractivity contribution in [1.82, 2.24) is 20.4 Å². The molecule has 36 heavy (non-hydrogen) atoms. The average Bonchev–Trinajstić information content (AvgIpc) is 3.11. The molecular formula is C27H31N5O4. The first-order valence-corrected chi connectivity index (χ1v) is 12.5. The van der Waals surface area contributed by atoms with Crippen LogP contribution in [0.15, 0.2) is 48.5 Å². The third kappa shape index (κ3) is 4.95. The first kappa shape index (κ1) is 24.3. The van der Waals surface area contributed by atoms with E-state index in [1.54, 1.807) is 12.1 Å². The van der Waals surface area contributed by atoms with E-state index >= 15 is 0 Å². The number of imide groups is 2. The molecule has 0 radical (unpaired) electrons. The molecule has 0 spiro atoms. The normalized spacial score (nSPS) is 24.7. The Kier molecular flexibility index (Phi) is 6.95. The number of nitrogens with one attached hydrogen (secondary N) is 2. The summed E-state index contributed by atoms with van der Waals surface area (Å²) < 4.78 is 0. The van der Waals surface area contributed by atoms with Gasteiger partial charge in [0.1, 0.15) is 6.04 Å². The number of nitrogens with two attached hydrogens (primary N) is 1. The molecule has 0 aromatic heterocycles. The monoisotopic (exact) mass is 489 g/mol. The summed E-state index contributed by atoms with van der Waals surface area (Å²) in [6.07, 6.45) is 1.20. The highest BCUT2D eigenvalue weighted by Gasteiger charge is 2.44. The molecule has 0 bridgehead atoms. The van der Waals surface area contributed by atoms with Crippen molar-refractivity contribution in [2.45, 2.75) is 44.4 Å². The summed E-state index contributed by atoms with van der Waals surface area (Å²) >= 11 is 0. The van der Waals surface area contributed by atoms with Crippen molar-refractivity contribution < 1.29 is 19.2 Å². The van der Waals surface area contributed by atoms with Crippen LogP contribution in [0.2, 0.25) is 0 Å². The predicted octanol–water partition coefficient (Wildman–Crippen LogP) is 1.03. The maximum Gasteiger partial charge on any atom is 0.262 e. The second-order valence-corrected chi connectivity index (χ2v) is 9.89. The fourth-order valence-electron chi connectivity index (χ4n) is 5.36. The van der Waals surface area contributed by atoms with Crippen molar-refractivity contribution in [2.75, 3.05) is 19.6 Å². The molecule has 9 heteroatoms. The highest BCUT2D eigenvalue weighted by atomic mass is 16.2. The Bertz CT molecular complexity index is 1180. The van der Waals surface area contributed by atoms with E-state index in [9.17, 15) is 19.2 Å². The van der Waals surface area contributed by atoms with Gasteiger partial charge in [-0.2, -0.15) is 0 Å². The highest BCUT2D eigenvalue weighted by Crippen LogP contribution is 2.28. The molecule has 3 atom stereocenters. The van der Waals surface area contributed by atoms with Crippen molar-refractivity contribution in [3.8, 4) is 0 Å². The summed E-state index contributed by atoms with van der Waals surface area (Å²) in [5.41, 5.74) is 9.18. The Morgan fingerprint density at radius 3 is 2.50 bits per heavy atom. The predicted molar refractivity (Wildman–Crippen MR) is 133 cm³/mol. The molecule has 4 amide bonds. The molecule has 2 aromatic carbocycles. The van der Waals surface area contributed by atoms with Crippen LogP contribution in [0.3, 0.4) is 0 Å². The van der Waals surface area contributed by atoms with Gasteiger partial charge in [-0.15, -0.1) is 0 Å². The van der Waals surface area contributed by atoms with Crippen LogP contribution in [0.5, 0.6) is 0 Å². The zero-order valence-corrected chi connectivity index (χ0v) is 20.1. The summed E-state index contributed by atoms with van der Waals surface area (Å²) in [6.45, 7) is 4.10. The van der Waals surface area contributed by atoms with Crippen molar-refractivity contribution >= 4 is 23.6 Å². The molecule has 4 N–H and O–H groups in total. The minimum atomic E-state index is -0.955. The first-order valence-electron chi connectivity index (χ1n) is 12.5. The largest absolute Gasteiger partial charge is 0.327 e. The van der Waals surface area contributed by atoms with Crippen LogP contribution in [0.1, 0.15) is 51.1 Å². The molecule has 3 aliphatic rings. The van der Waals surface area contributed by atoms with Gasteiger partial charge in [0.25, 0.3) is 11.8 Å². The molecule has 188 valence electrons. The van der Waals surface area contributed by atoms with E-state index in [0.29, 0.717) is 23.6 Å². The van der Waals surface area contributed by atoms with E-state index in [4.69, 9.17) is 5.73 Å². The second-order valence-electron chi connectivity index (χ2n) is 9.89. The Hall–Kier alpha value is -3.40. The second kappa shape index (κ2) is 10.3. The quantitative estimate of drug-likeness (QED) is 0.496. The number of carbonyl (C=O) groups excluding carboxylic acids is 4. The molecule has 1 unspecified atom stereocenters. The van der Waals surface area contributed by atoms with Crippen LogP contribution >= 0.6 is 0 Å². The smallest absolute Gasteiger partial charge is 0.262 e. The summed E-state index contributed by atoms with van der Waals surface area (Å²) in [6, 6.07) is 14.8. The van der Waals surface area contributed by atoms with Gasteiger partial charge in [-0.3, -0.25) is 34.3 Å². The van der Waals surface area contributed by atoms with E-state index in [2.05, 4.69) is 39.8 Å². The number of piperidine rings is 2. The third-order valence-electron chi connectivity index (χ3n) is 7.37. The van der Waals surface area contributed by atoms with Crippen LogP contribution in [0.4, 0.5) is 0 Å². The van der Waals surface area contributed by atoms with E-state index in [1.807, 2.05) is 12.1 Å². The Morgan fingerprint density at radius 2 is 1.72 bits per heavy atom. The average molecular weight is 490 g/mol. The van der Waals surface area contributed by atoms with Gasteiger partial charge in [-0.1, -0.05) is 36.4 Å². The molecular weight excluding hydrogens is 458 g/mol. The molecule has 2 aromatic rings. The molecule has 3 heterocycles. The van der Waals surface area contributed by atoms with Crippen LogP contribution in [0, 0.1) is 5.92 Å². The number of nitrogens with zero attached hydrogens (tertiary/aromatic N) is 2. The van der Waals surface area contributed by atoms with Crippen molar-refractivity contribution in [2.24, 2.45) is 11.7 Å². The number of carbonyl (C=O) groups is 4. The zero-order chi connectivity index (χ0) is 25.2. The molecule has 9 nitrogen and oxygen atoms in total. The lowest BCUT2D eigenvalue weighted by Crippen LogP contribution is -2.54. The molecule has 2 fully saturated rings. The van der Waals surface area contributed by atoms with E-state index in [-0.39, 0.29) is 24.8 Å². The lowest BCUT2D eigenvalue weighted by molar-refractivity contribution is -0.136. The van der Waals surface area contributed by atoms with Crippen molar-refractivity contribution in [3.63, 3.8) is 0 Å². The van der Waals surface area contributed by atoms with E-state index in [0.717, 1.165) is 43.1 Å². The van der Waals surface area contributed by atoms with E-state index in [1.165, 1.54) is 5.56 Å². The van der Waals surface area contributed by atoms with Crippen molar-refractivity contribution in [1.29, 1.82) is 0 Å². The molecule has 0 saturated carbocycles. The third-order valence-corrected chi connectivity index (χ3v) is 7.37. The van der Waals surface area contributed by atoms with Crippen LogP contribution < -0.4 is 16.4 Å². The first-order chi connectivity index (χ1) is 17.4. The lowest BCUT2D eigenvalue weighted by Gasteiger charge is -2.37. The topological polar surface area (TPSA) is 125 Å². The fraction of sp³-hybridized carbons (Fsp3) is 0.407. The number of hydrogen-bond acceptors (Lipinski definition) is 7. The number of benzene rings is 2. The Morgan fingerprint density at radius 1 is 0.944 bits per heavy atom. The van der Waals surface area contributed by atoms with Gasteiger partial charge in [0, 0.05) is 38.6 Å². The maximum atomic E-state index is 13.0. The van der Waals surface area contributed by atoms with Gasteiger partial charge in [-0.25, -0.2) is 0 Å². The maximum absolute atomic E-state index is 13.0. The highest BCUT2D eigenvalue weighted by molar-refractivity contribution is 6.23. The van der Waals surface area contributed by atoms with Gasteiger partial charge < -0.3 is 11.1 Å². The molecule has 5 rings (SSSR count). The minimum Gasteiger partial charge on any atom is -0.327 e.